The molecule has 0 saturated carbocycles. The van der Waals surface area contributed by atoms with Gasteiger partial charge in [-0.3, -0.25) is 4.90 Å². The second kappa shape index (κ2) is 4.47. The van der Waals surface area contributed by atoms with E-state index < -0.39 is 11.6 Å². The first-order chi connectivity index (χ1) is 7.61. The van der Waals surface area contributed by atoms with Crippen molar-refractivity contribution in [2.75, 3.05) is 19.7 Å². The average molecular weight is 227 g/mol. The minimum atomic E-state index is -0.490. The van der Waals surface area contributed by atoms with Crippen LogP contribution in [0.4, 0.5) is 8.78 Å². The minimum Gasteiger partial charge on any atom is -0.396 e. The predicted octanol–water partition coefficient (Wildman–Crippen LogP) is 1.70. The highest BCUT2D eigenvalue weighted by Gasteiger charge is 2.27. The van der Waals surface area contributed by atoms with Gasteiger partial charge in [-0.05, 0) is 18.6 Å². The Labute approximate surface area is 93.5 Å². The Kier molecular flexibility index (Phi) is 3.21. The van der Waals surface area contributed by atoms with Crippen LogP contribution in [0.3, 0.4) is 0 Å². The van der Waals surface area contributed by atoms with Crippen LogP contribution in [0.2, 0.25) is 0 Å². The van der Waals surface area contributed by atoms with Crippen molar-refractivity contribution < 1.29 is 13.9 Å². The number of aliphatic hydroxyl groups excluding tert-OH is 1. The fraction of sp³-hybridized carbons (Fsp3) is 0.500. The Morgan fingerprint density at radius 1 is 1.38 bits per heavy atom. The fourth-order valence-corrected chi connectivity index (χ4v) is 2.00. The molecule has 1 N–H and O–H groups in total. The first-order valence-electron chi connectivity index (χ1n) is 5.38. The molecule has 1 aliphatic heterocycles. The normalized spacial score (nSPS) is 17.5. The van der Waals surface area contributed by atoms with Gasteiger partial charge in [-0.15, -0.1) is 0 Å². The largest absolute Gasteiger partial charge is 0.396 e. The van der Waals surface area contributed by atoms with Crippen molar-refractivity contribution in [1.82, 2.24) is 4.90 Å². The van der Waals surface area contributed by atoms with Gasteiger partial charge in [0.25, 0.3) is 0 Å². The highest BCUT2D eigenvalue weighted by Crippen LogP contribution is 2.22. The van der Waals surface area contributed by atoms with Crippen molar-refractivity contribution in [1.29, 1.82) is 0 Å². The zero-order chi connectivity index (χ0) is 11.7. The van der Waals surface area contributed by atoms with Crippen LogP contribution in [0.25, 0.3) is 0 Å². The van der Waals surface area contributed by atoms with Crippen LogP contribution in [-0.4, -0.2) is 29.7 Å². The molecule has 2 nitrogen and oxygen atoms in total. The van der Waals surface area contributed by atoms with E-state index >= 15 is 0 Å². The van der Waals surface area contributed by atoms with Crippen molar-refractivity contribution in [2.24, 2.45) is 5.92 Å². The van der Waals surface area contributed by atoms with E-state index in [0.29, 0.717) is 18.7 Å². The van der Waals surface area contributed by atoms with Gasteiger partial charge in [0.15, 0.2) is 0 Å². The van der Waals surface area contributed by atoms with E-state index in [1.807, 2.05) is 4.90 Å². The number of nitrogens with zero attached hydrogens (tertiary/aromatic N) is 1. The van der Waals surface area contributed by atoms with Crippen molar-refractivity contribution >= 4 is 0 Å². The Bertz CT molecular complexity index is 389. The Morgan fingerprint density at radius 3 is 2.69 bits per heavy atom. The van der Waals surface area contributed by atoms with E-state index in [1.54, 1.807) is 6.92 Å². The van der Waals surface area contributed by atoms with Crippen LogP contribution >= 0.6 is 0 Å². The molecule has 0 amide bonds. The van der Waals surface area contributed by atoms with Crippen LogP contribution in [-0.2, 0) is 6.54 Å². The molecule has 1 heterocycles. The van der Waals surface area contributed by atoms with Crippen LogP contribution in [0.5, 0.6) is 0 Å². The van der Waals surface area contributed by atoms with E-state index in [2.05, 4.69) is 0 Å². The number of rotatable bonds is 3. The van der Waals surface area contributed by atoms with Crippen LogP contribution in [0.15, 0.2) is 12.1 Å². The molecule has 16 heavy (non-hydrogen) atoms. The fourth-order valence-electron chi connectivity index (χ4n) is 2.00. The summed E-state index contributed by atoms with van der Waals surface area (Å²) in [5.41, 5.74) is 0.604. The van der Waals surface area contributed by atoms with Gasteiger partial charge in [-0.25, -0.2) is 8.78 Å². The lowest BCUT2D eigenvalue weighted by atomic mass is 9.99. The monoisotopic (exact) mass is 227 g/mol. The average Bonchev–Trinajstić information content (AvgIpc) is 2.21. The van der Waals surface area contributed by atoms with Gasteiger partial charge in [0, 0.05) is 37.7 Å². The number of aryl methyl sites for hydroxylation is 1. The molecule has 0 aromatic heterocycles. The standard InChI is InChI=1S/C12H15F2NO/c1-8-2-3-11(13)10(12(8)14)6-15-4-9(5-15)7-16/h2-3,9,16H,4-7H2,1H3. The zero-order valence-electron chi connectivity index (χ0n) is 9.21. The molecular formula is C12H15F2NO. The lowest BCUT2D eigenvalue weighted by Gasteiger charge is -2.38. The molecule has 0 unspecified atom stereocenters. The highest BCUT2D eigenvalue weighted by molar-refractivity contribution is 5.26. The number of halogens is 2. The molecule has 1 aromatic rings. The number of benzene rings is 1. The molecule has 88 valence electrons. The third-order valence-corrected chi connectivity index (χ3v) is 3.05. The van der Waals surface area contributed by atoms with E-state index in [9.17, 15) is 8.78 Å². The molecule has 0 bridgehead atoms. The van der Waals surface area contributed by atoms with Gasteiger partial charge in [0.05, 0.1) is 0 Å². The zero-order valence-corrected chi connectivity index (χ0v) is 9.21. The summed E-state index contributed by atoms with van der Waals surface area (Å²) < 4.78 is 27.1. The maximum atomic E-state index is 13.6. The van der Waals surface area contributed by atoms with E-state index in [1.165, 1.54) is 12.1 Å². The summed E-state index contributed by atoms with van der Waals surface area (Å²) in [6.07, 6.45) is 0. The van der Waals surface area contributed by atoms with E-state index in [4.69, 9.17) is 5.11 Å². The molecule has 1 aromatic carbocycles. The Hall–Kier alpha value is -1.00. The van der Waals surface area contributed by atoms with Gasteiger partial charge in [-0.2, -0.15) is 0 Å². The molecule has 2 rings (SSSR count). The first kappa shape index (κ1) is 11.5. The molecule has 0 spiro atoms. The molecule has 0 aliphatic carbocycles. The maximum Gasteiger partial charge on any atom is 0.133 e. The Morgan fingerprint density at radius 2 is 2.06 bits per heavy atom. The van der Waals surface area contributed by atoms with E-state index in [0.717, 1.165) is 0 Å². The summed E-state index contributed by atoms with van der Waals surface area (Å²) in [6.45, 7) is 3.49. The molecule has 0 radical (unpaired) electrons. The molecule has 1 saturated heterocycles. The molecule has 1 fully saturated rings. The minimum absolute atomic E-state index is 0.136. The molecule has 1 aliphatic rings. The maximum absolute atomic E-state index is 13.6. The van der Waals surface area contributed by atoms with Gasteiger partial charge < -0.3 is 5.11 Å². The second-order valence-electron chi connectivity index (χ2n) is 4.40. The number of hydrogen-bond donors (Lipinski definition) is 1. The van der Waals surface area contributed by atoms with Gasteiger partial charge in [0.1, 0.15) is 11.6 Å². The number of aliphatic hydroxyl groups is 1. The lowest BCUT2D eigenvalue weighted by molar-refractivity contribution is 0.0462. The number of likely N-dealkylation sites (tertiary alicyclic amines) is 1. The van der Waals surface area contributed by atoms with Crippen LogP contribution in [0, 0.1) is 24.5 Å². The van der Waals surface area contributed by atoms with Gasteiger partial charge in [0.2, 0.25) is 0 Å². The van der Waals surface area contributed by atoms with Crippen LogP contribution < -0.4 is 0 Å². The van der Waals surface area contributed by atoms with Gasteiger partial charge >= 0.3 is 0 Å². The summed E-state index contributed by atoms with van der Waals surface area (Å²) >= 11 is 0. The summed E-state index contributed by atoms with van der Waals surface area (Å²) in [7, 11) is 0. The van der Waals surface area contributed by atoms with E-state index in [-0.39, 0.29) is 24.6 Å². The van der Waals surface area contributed by atoms with Crippen molar-refractivity contribution in [3.63, 3.8) is 0 Å². The predicted molar refractivity (Wildman–Crippen MR) is 56.9 cm³/mol. The SMILES string of the molecule is Cc1ccc(F)c(CN2CC(CO)C2)c1F. The Balaban J connectivity index is 2.07. The molecule has 4 heteroatoms. The van der Waals surface area contributed by atoms with Crippen molar-refractivity contribution in [3.8, 4) is 0 Å². The third-order valence-electron chi connectivity index (χ3n) is 3.05. The summed E-state index contributed by atoms with van der Waals surface area (Å²) in [5.74, 6) is -0.682. The topological polar surface area (TPSA) is 23.5 Å². The smallest absolute Gasteiger partial charge is 0.133 e. The van der Waals surface area contributed by atoms with Crippen LogP contribution in [0.1, 0.15) is 11.1 Å². The summed E-state index contributed by atoms with van der Waals surface area (Å²) in [4.78, 5) is 1.93. The molecular weight excluding hydrogens is 212 g/mol. The van der Waals surface area contributed by atoms with Crippen molar-refractivity contribution in [2.45, 2.75) is 13.5 Å². The third kappa shape index (κ3) is 2.08. The number of hydrogen-bond acceptors (Lipinski definition) is 2. The van der Waals surface area contributed by atoms with Crippen molar-refractivity contribution in [3.05, 3.63) is 34.9 Å². The lowest BCUT2D eigenvalue weighted by Crippen LogP contribution is -2.47. The quantitative estimate of drug-likeness (QED) is 0.849. The summed E-state index contributed by atoms with van der Waals surface area (Å²) in [5, 5.41) is 8.85. The molecule has 0 atom stereocenters. The van der Waals surface area contributed by atoms with Gasteiger partial charge in [-0.1, -0.05) is 6.07 Å². The highest BCUT2D eigenvalue weighted by atomic mass is 19.1. The first-order valence-corrected chi connectivity index (χ1v) is 5.38. The summed E-state index contributed by atoms with van der Waals surface area (Å²) in [6, 6.07) is 2.75. The second-order valence-corrected chi connectivity index (χ2v) is 4.40.